The van der Waals surface area contributed by atoms with Crippen molar-refractivity contribution in [3.8, 4) is 0 Å². The quantitative estimate of drug-likeness (QED) is 0.791. The topological polar surface area (TPSA) is 54.3 Å². The van der Waals surface area contributed by atoms with Gasteiger partial charge in [-0.05, 0) is 55.2 Å². The molecule has 0 spiro atoms. The highest BCUT2D eigenvalue weighted by Gasteiger charge is 2.36. The Balaban J connectivity index is 1.65. The van der Waals surface area contributed by atoms with Crippen LogP contribution in [0.5, 0.6) is 0 Å². The first-order valence-corrected chi connectivity index (χ1v) is 9.43. The number of nitrogens with one attached hydrogen (secondary N) is 2. The van der Waals surface area contributed by atoms with Gasteiger partial charge in [-0.3, -0.25) is 4.79 Å². The van der Waals surface area contributed by atoms with Crippen molar-refractivity contribution in [2.24, 2.45) is 11.3 Å². The number of rotatable bonds is 1. The molecule has 0 saturated heterocycles. The van der Waals surface area contributed by atoms with Crippen molar-refractivity contribution in [1.29, 1.82) is 0 Å². The number of hydrogen-bond acceptors (Lipinski definition) is 4. The summed E-state index contributed by atoms with van der Waals surface area (Å²) in [4.78, 5) is 14.1. The molecule has 3 heterocycles. The van der Waals surface area contributed by atoms with Crippen LogP contribution in [0.3, 0.4) is 0 Å². The average molecular weight is 344 g/mol. The average Bonchev–Trinajstić information content (AvgIpc) is 3.08. The fourth-order valence-electron chi connectivity index (χ4n) is 3.79. The van der Waals surface area contributed by atoms with Gasteiger partial charge in [0.2, 0.25) is 0 Å². The van der Waals surface area contributed by atoms with Crippen molar-refractivity contribution >= 4 is 22.2 Å². The molecule has 2 aromatic heterocycles. The van der Waals surface area contributed by atoms with E-state index >= 15 is 0 Å². The maximum Gasteiger partial charge on any atom is 0.256 e. The van der Waals surface area contributed by atoms with E-state index in [4.69, 9.17) is 4.42 Å². The molecule has 2 aliphatic rings. The van der Waals surface area contributed by atoms with Crippen LogP contribution in [-0.2, 0) is 12.8 Å². The first-order chi connectivity index (χ1) is 11.3. The lowest BCUT2D eigenvalue weighted by Gasteiger charge is -2.34. The summed E-state index contributed by atoms with van der Waals surface area (Å²) >= 11 is 1.75. The predicted octanol–water partition coefficient (Wildman–Crippen LogP) is 4.65. The number of furan rings is 1. The fourth-order valence-corrected chi connectivity index (χ4v) is 5.14. The number of carbonyl (C=O) groups is 1. The molecule has 2 atom stereocenters. The Bertz CT molecular complexity index is 797. The van der Waals surface area contributed by atoms with E-state index in [2.05, 4.69) is 31.4 Å². The molecule has 1 aliphatic heterocycles. The Morgan fingerprint density at radius 3 is 2.71 bits per heavy atom. The Kier molecular flexibility index (Phi) is 3.53. The maximum atomic E-state index is 12.7. The summed E-state index contributed by atoms with van der Waals surface area (Å²) in [7, 11) is 0. The smallest absolute Gasteiger partial charge is 0.256 e. The van der Waals surface area contributed by atoms with Gasteiger partial charge in [0, 0.05) is 4.88 Å². The molecule has 0 saturated carbocycles. The molecule has 2 aromatic rings. The minimum atomic E-state index is -0.280. The Hall–Kier alpha value is -1.75. The summed E-state index contributed by atoms with van der Waals surface area (Å²) in [5, 5.41) is 7.50. The molecular weight excluding hydrogens is 320 g/mol. The van der Waals surface area contributed by atoms with Crippen LogP contribution in [0.15, 0.2) is 16.5 Å². The van der Waals surface area contributed by atoms with E-state index in [-0.39, 0.29) is 12.1 Å². The summed E-state index contributed by atoms with van der Waals surface area (Å²) in [6.45, 7) is 8.86. The number of fused-ring (bicyclic) bond motifs is 3. The molecular formula is C19H24N2O2S. The van der Waals surface area contributed by atoms with Gasteiger partial charge in [-0.1, -0.05) is 20.8 Å². The zero-order chi connectivity index (χ0) is 17.1. The highest BCUT2D eigenvalue weighted by atomic mass is 32.1. The normalized spacial score (nSPS) is 23.2. The molecule has 1 aliphatic carbocycles. The Morgan fingerprint density at radius 1 is 1.25 bits per heavy atom. The fraction of sp³-hybridized carbons (Fsp3) is 0.526. The molecule has 2 unspecified atom stereocenters. The van der Waals surface area contributed by atoms with E-state index in [0.29, 0.717) is 11.3 Å². The van der Waals surface area contributed by atoms with E-state index in [1.54, 1.807) is 11.3 Å². The van der Waals surface area contributed by atoms with Crippen molar-refractivity contribution < 1.29 is 9.21 Å². The van der Waals surface area contributed by atoms with E-state index in [1.807, 2.05) is 19.1 Å². The maximum absolute atomic E-state index is 12.7. The lowest BCUT2D eigenvalue weighted by Crippen LogP contribution is -2.38. The van der Waals surface area contributed by atoms with Gasteiger partial charge >= 0.3 is 0 Å². The third-order valence-corrected chi connectivity index (χ3v) is 6.50. The summed E-state index contributed by atoms with van der Waals surface area (Å²) in [6.07, 6.45) is 2.96. The van der Waals surface area contributed by atoms with Gasteiger partial charge in [0.25, 0.3) is 5.91 Å². The van der Waals surface area contributed by atoms with Crippen molar-refractivity contribution in [3.63, 3.8) is 0 Å². The highest BCUT2D eigenvalue weighted by Crippen LogP contribution is 2.46. The third kappa shape index (κ3) is 2.55. The van der Waals surface area contributed by atoms with E-state index in [9.17, 15) is 4.79 Å². The van der Waals surface area contributed by atoms with Crippen LogP contribution in [0.2, 0.25) is 0 Å². The highest BCUT2D eigenvalue weighted by molar-refractivity contribution is 7.16. The minimum Gasteiger partial charge on any atom is -0.462 e. The van der Waals surface area contributed by atoms with Crippen molar-refractivity contribution in [1.82, 2.24) is 5.32 Å². The molecule has 5 heteroatoms. The summed E-state index contributed by atoms with van der Waals surface area (Å²) in [5.41, 5.74) is 2.43. The summed E-state index contributed by atoms with van der Waals surface area (Å²) in [6, 6.07) is 3.84. The van der Waals surface area contributed by atoms with Gasteiger partial charge in [-0.15, -0.1) is 11.3 Å². The van der Waals surface area contributed by atoms with Crippen LogP contribution in [0.4, 0.5) is 5.00 Å². The summed E-state index contributed by atoms with van der Waals surface area (Å²) in [5.74, 6) is 2.31. The zero-order valence-corrected chi connectivity index (χ0v) is 15.5. The number of anilines is 1. The van der Waals surface area contributed by atoms with Gasteiger partial charge in [-0.2, -0.15) is 0 Å². The third-order valence-electron chi connectivity index (χ3n) is 5.31. The number of aryl methyl sites for hydroxylation is 1. The first-order valence-electron chi connectivity index (χ1n) is 8.61. The first kappa shape index (κ1) is 15.8. The van der Waals surface area contributed by atoms with Crippen molar-refractivity contribution in [2.75, 3.05) is 5.32 Å². The van der Waals surface area contributed by atoms with Crippen LogP contribution in [0.25, 0.3) is 0 Å². The van der Waals surface area contributed by atoms with Crippen LogP contribution < -0.4 is 10.6 Å². The van der Waals surface area contributed by atoms with E-state index in [1.165, 1.54) is 10.4 Å². The molecule has 0 radical (unpaired) electrons. The second-order valence-electron chi connectivity index (χ2n) is 8.01. The van der Waals surface area contributed by atoms with Gasteiger partial charge in [-0.25, -0.2) is 0 Å². The molecule has 4 nitrogen and oxygen atoms in total. The predicted molar refractivity (Wildman–Crippen MR) is 96.6 cm³/mol. The van der Waals surface area contributed by atoms with Crippen LogP contribution in [0.1, 0.15) is 65.7 Å². The van der Waals surface area contributed by atoms with E-state index < -0.39 is 0 Å². The molecule has 0 aromatic carbocycles. The molecule has 1 amide bonds. The number of amides is 1. The zero-order valence-electron chi connectivity index (χ0n) is 14.7. The molecule has 128 valence electrons. The van der Waals surface area contributed by atoms with Gasteiger partial charge in [0.1, 0.15) is 16.5 Å². The van der Waals surface area contributed by atoms with Crippen LogP contribution in [-0.4, -0.2) is 5.91 Å². The molecule has 0 bridgehead atoms. The SMILES string of the molecule is Cc1ccc(C2NC(=O)c3c(sc4c3CCC(C(C)(C)C)C4)N2)o1. The van der Waals surface area contributed by atoms with Gasteiger partial charge in [0.05, 0.1) is 5.56 Å². The number of hydrogen-bond donors (Lipinski definition) is 2. The molecule has 4 rings (SSSR count). The summed E-state index contributed by atoms with van der Waals surface area (Å²) < 4.78 is 5.68. The molecule has 2 N–H and O–H groups in total. The van der Waals surface area contributed by atoms with Gasteiger partial charge < -0.3 is 15.1 Å². The van der Waals surface area contributed by atoms with Gasteiger partial charge in [0.15, 0.2) is 6.17 Å². The van der Waals surface area contributed by atoms with Crippen LogP contribution in [0, 0.1) is 18.3 Å². The molecule has 0 fully saturated rings. The lowest BCUT2D eigenvalue weighted by molar-refractivity contribution is 0.0930. The standard InChI is InChI=1S/C19H24N2O2S/c1-10-5-8-13(23-10)16-20-17(22)15-12-7-6-11(19(2,3)4)9-14(12)24-18(15)21-16/h5,8,11,16,21H,6-7,9H2,1-4H3,(H,20,22). The minimum absolute atomic E-state index is 0.0227. The number of carbonyl (C=O) groups excluding carboxylic acids is 1. The van der Waals surface area contributed by atoms with Crippen molar-refractivity contribution in [2.45, 2.75) is 53.1 Å². The lowest BCUT2D eigenvalue weighted by atomic mass is 9.72. The molecule has 24 heavy (non-hydrogen) atoms. The largest absolute Gasteiger partial charge is 0.462 e. The Morgan fingerprint density at radius 2 is 2.04 bits per heavy atom. The van der Waals surface area contributed by atoms with E-state index in [0.717, 1.165) is 41.3 Å². The Labute approximate surface area is 146 Å². The monoisotopic (exact) mass is 344 g/mol. The van der Waals surface area contributed by atoms with Crippen LogP contribution >= 0.6 is 11.3 Å². The second-order valence-corrected chi connectivity index (χ2v) is 9.12. The number of thiophene rings is 1. The second kappa shape index (κ2) is 5.38. The van der Waals surface area contributed by atoms with Crippen molar-refractivity contribution in [3.05, 3.63) is 39.7 Å².